The normalized spacial score (nSPS) is 10.3. The minimum atomic E-state index is 0.144. The van der Waals surface area contributed by atoms with Crippen LogP contribution in [0.5, 0.6) is 0 Å². The Morgan fingerprint density at radius 2 is 1.57 bits per heavy atom. The lowest BCUT2D eigenvalue weighted by Crippen LogP contribution is -2.25. The highest BCUT2D eigenvalue weighted by Gasteiger charge is 2.02. The van der Waals surface area contributed by atoms with E-state index in [-0.39, 0.29) is 5.91 Å². The zero-order valence-corrected chi connectivity index (χ0v) is 14.1. The van der Waals surface area contributed by atoms with Crippen molar-refractivity contribution in [3.05, 3.63) is 65.7 Å². The molecule has 1 amide bonds. The van der Waals surface area contributed by atoms with E-state index in [4.69, 9.17) is 0 Å². The van der Waals surface area contributed by atoms with Crippen molar-refractivity contribution in [2.45, 2.75) is 25.7 Å². The van der Waals surface area contributed by atoms with E-state index in [9.17, 15) is 4.79 Å². The van der Waals surface area contributed by atoms with Crippen molar-refractivity contribution < 1.29 is 4.79 Å². The molecular formula is C20H26N2O. The highest BCUT2D eigenvalue weighted by atomic mass is 16.1. The van der Waals surface area contributed by atoms with Gasteiger partial charge < -0.3 is 10.2 Å². The van der Waals surface area contributed by atoms with Crippen LogP contribution in [0.1, 0.15) is 24.0 Å². The van der Waals surface area contributed by atoms with Crippen molar-refractivity contribution in [2.75, 3.05) is 25.5 Å². The Labute approximate surface area is 139 Å². The number of nitrogens with one attached hydrogen (secondary N) is 1. The maximum atomic E-state index is 11.8. The van der Waals surface area contributed by atoms with Crippen LogP contribution >= 0.6 is 0 Å². The summed E-state index contributed by atoms with van der Waals surface area (Å²) in [7, 11) is 4.06. The van der Waals surface area contributed by atoms with Gasteiger partial charge in [-0.3, -0.25) is 4.79 Å². The van der Waals surface area contributed by atoms with Gasteiger partial charge in [0.05, 0.1) is 0 Å². The van der Waals surface area contributed by atoms with Crippen molar-refractivity contribution in [3.63, 3.8) is 0 Å². The maximum Gasteiger partial charge on any atom is 0.220 e. The molecule has 0 atom stereocenters. The molecule has 122 valence electrons. The van der Waals surface area contributed by atoms with Gasteiger partial charge >= 0.3 is 0 Å². The van der Waals surface area contributed by atoms with E-state index >= 15 is 0 Å². The first-order chi connectivity index (χ1) is 11.1. The van der Waals surface area contributed by atoms with Crippen LogP contribution in [-0.2, 0) is 17.6 Å². The second-order valence-corrected chi connectivity index (χ2v) is 6.00. The molecule has 1 N–H and O–H groups in total. The largest absolute Gasteiger partial charge is 0.378 e. The number of amides is 1. The summed E-state index contributed by atoms with van der Waals surface area (Å²) in [5.74, 6) is 0.144. The standard InChI is InChI=1S/C20H26N2O/c1-22(2)19-13-11-18(12-14-19)15-16-21-20(23)10-6-9-17-7-4-3-5-8-17/h3-5,7-8,11-14H,6,9-10,15-16H2,1-2H3,(H,21,23). The first-order valence-corrected chi connectivity index (χ1v) is 8.22. The van der Waals surface area contributed by atoms with Gasteiger partial charge in [-0.15, -0.1) is 0 Å². The van der Waals surface area contributed by atoms with Gasteiger partial charge in [0.15, 0.2) is 0 Å². The summed E-state index contributed by atoms with van der Waals surface area (Å²) in [5.41, 5.74) is 3.74. The molecule has 0 aliphatic carbocycles. The number of hydrogen-bond acceptors (Lipinski definition) is 2. The van der Waals surface area contributed by atoms with Crippen molar-refractivity contribution in [3.8, 4) is 0 Å². The van der Waals surface area contributed by atoms with E-state index in [1.807, 2.05) is 32.3 Å². The fraction of sp³-hybridized carbons (Fsp3) is 0.350. The second kappa shape index (κ2) is 8.99. The molecule has 3 nitrogen and oxygen atoms in total. The van der Waals surface area contributed by atoms with Crippen molar-refractivity contribution in [1.82, 2.24) is 5.32 Å². The number of carbonyl (C=O) groups excluding carboxylic acids is 1. The van der Waals surface area contributed by atoms with E-state index in [0.29, 0.717) is 13.0 Å². The Balaban J connectivity index is 1.62. The molecule has 0 spiro atoms. The van der Waals surface area contributed by atoms with Gasteiger partial charge in [0.1, 0.15) is 0 Å². The summed E-state index contributed by atoms with van der Waals surface area (Å²) in [5, 5.41) is 3.01. The Kier molecular flexibility index (Phi) is 6.67. The Bertz CT molecular complexity index is 591. The smallest absolute Gasteiger partial charge is 0.220 e. The van der Waals surface area contributed by atoms with E-state index in [1.54, 1.807) is 0 Å². The Morgan fingerprint density at radius 1 is 0.913 bits per heavy atom. The average molecular weight is 310 g/mol. The topological polar surface area (TPSA) is 32.3 Å². The van der Waals surface area contributed by atoms with Crippen LogP contribution in [0.3, 0.4) is 0 Å². The molecule has 0 bridgehead atoms. The number of rotatable bonds is 8. The number of aryl methyl sites for hydroxylation is 1. The molecule has 0 heterocycles. The summed E-state index contributed by atoms with van der Waals surface area (Å²) in [6.07, 6.45) is 3.32. The second-order valence-electron chi connectivity index (χ2n) is 6.00. The highest BCUT2D eigenvalue weighted by Crippen LogP contribution is 2.12. The zero-order chi connectivity index (χ0) is 16.5. The van der Waals surface area contributed by atoms with E-state index in [2.05, 4.69) is 46.6 Å². The molecule has 0 aliphatic heterocycles. The molecule has 2 aromatic rings. The lowest BCUT2D eigenvalue weighted by Gasteiger charge is -2.12. The predicted molar refractivity (Wildman–Crippen MR) is 96.9 cm³/mol. The van der Waals surface area contributed by atoms with Gasteiger partial charge in [-0.1, -0.05) is 42.5 Å². The van der Waals surface area contributed by atoms with Crippen LogP contribution in [0.25, 0.3) is 0 Å². The van der Waals surface area contributed by atoms with E-state index in [1.165, 1.54) is 16.8 Å². The molecule has 0 aromatic heterocycles. The fourth-order valence-electron chi connectivity index (χ4n) is 2.49. The molecule has 0 fully saturated rings. The molecule has 2 rings (SSSR count). The quantitative estimate of drug-likeness (QED) is 0.810. The first kappa shape index (κ1) is 17.1. The number of anilines is 1. The number of carbonyl (C=O) groups is 1. The van der Waals surface area contributed by atoms with Crippen LogP contribution in [0.2, 0.25) is 0 Å². The Hall–Kier alpha value is -2.29. The van der Waals surface area contributed by atoms with Gasteiger partial charge in [-0.2, -0.15) is 0 Å². The number of nitrogens with zero attached hydrogens (tertiary/aromatic N) is 1. The van der Waals surface area contributed by atoms with Crippen molar-refractivity contribution in [2.24, 2.45) is 0 Å². The van der Waals surface area contributed by atoms with Crippen LogP contribution in [0, 0.1) is 0 Å². The molecule has 0 saturated carbocycles. The monoisotopic (exact) mass is 310 g/mol. The van der Waals surface area contributed by atoms with Crippen molar-refractivity contribution >= 4 is 11.6 Å². The minimum absolute atomic E-state index is 0.144. The van der Waals surface area contributed by atoms with Crippen LogP contribution in [-0.4, -0.2) is 26.5 Å². The molecule has 0 saturated heterocycles. The lowest BCUT2D eigenvalue weighted by atomic mass is 10.1. The summed E-state index contributed by atoms with van der Waals surface area (Å²) in [6.45, 7) is 0.700. The molecule has 2 aromatic carbocycles. The molecule has 0 radical (unpaired) electrons. The SMILES string of the molecule is CN(C)c1ccc(CCNC(=O)CCCc2ccccc2)cc1. The fourth-order valence-corrected chi connectivity index (χ4v) is 2.49. The minimum Gasteiger partial charge on any atom is -0.378 e. The van der Waals surface area contributed by atoms with Gasteiger partial charge in [-0.25, -0.2) is 0 Å². The Morgan fingerprint density at radius 3 is 2.22 bits per heavy atom. The summed E-state index contributed by atoms with van der Waals surface area (Å²) < 4.78 is 0. The molecular weight excluding hydrogens is 284 g/mol. The van der Waals surface area contributed by atoms with Gasteiger partial charge in [0.2, 0.25) is 5.91 Å². The third kappa shape index (κ3) is 6.15. The molecule has 23 heavy (non-hydrogen) atoms. The summed E-state index contributed by atoms with van der Waals surface area (Å²) >= 11 is 0. The zero-order valence-electron chi connectivity index (χ0n) is 14.1. The van der Waals surface area contributed by atoms with Gasteiger partial charge in [0, 0.05) is 32.7 Å². The first-order valence-electron chi connectivity index (χ1n) is 8.22. The number of benzene rings is 2. The highest BCUT2D eigenvalue weighted by molar-refractivity contribution is 5.75. The average Bonchev–Trinajstić information content (AvgIpc) is 2.56. The number of hydrogen-bond donors (Lipinski definition) is 1. The summed E-state index contributed by atoms with van der Waals surface area (Å²) in [4.78, 5) is 13.9. The molecule has 3 heteroatoms. The van der Waals surface area contributed by atoms with Gasteiger partial charge in [0.25, 0.3) is 0 Å². The van der Waals surface area contributed by atoms with Gasteiger partial charge in [-0.05, 0) is 42.5 Å². The van der Waals surface area contributed by atoms with Crippen LogP contribution < -0.4 is 10.2 Å². The van der Waals surface area contributed by atoms with Crippen LogP contribution in [0.4, 0.5) is 5.69 Å². The molecule has 0 unspecified atom stereocenters. The van der Waals surface area contributed by atoms with E-state index in [0.717, 1.165) is 19.3 Å². The molecule has 0 aliphatic rings. The van der Waals surface area contributed by atoms with Crippen molar-refractivity contribution in [1.29, 1.82) is 0 Å². The third-order valence-corrected chi connectivity index (χ3v) is 3.90. The predicted octanol–water partition coefficient (Wildman–Crippen LogP) is 3.43. The maximum absolute atomic E-state index is 11.8. The van der Waals surface area contributed by atoms with Crippen LogP contribution in [0.15, 0.2) is 54.6 Å². The third-order valence-electron chi connectivity index (χ3n) is 3.90. The van der Waals surface area contributed by atoms with E-state index < -0.39 is 0 Å². The lowest BCUT2D eigenvalue weighted by molar-refractivity contribution is -0.121. The summed E-state index contributed by atoms with van der Waals surface area (Å²) in [6, 6.07) is 18.8.